The van der Waals surface area contributed by atoms with E-state index in [0.29, 0.717) is 44.4 Å². The summed E-state index contributed by atoms with van der Waals surface area (Å²) in [5.41, 5.74) is 1.38. The van der Waals surface area contributed by atoms with Gasteiger partial charge in [0.1, 0.15) is 6.42 Å². The smallest absolute Gasteiger partial charge is 0.236 e. The SMILES string of the molecule is N#CCC(=O)N1CCN(C(=O)CC2CC(c3ccccc3)C2)CC1. The van der Waals surface area contributed by atoms with Gasteiger partial charge in [0, 0.05) is 32.6 Å². The minimum Gasteiger partial charge on any atom is -0.339 e. The van der Waals surface area contributed by atoms with E-state index in [1.54, 1.807) is 4.90 Å². The summed E-state index contributed by atoms with van der Waals surface area (Å²) in [5.74, 6) is 1.17. The number of piperazine rings is 1. The first-order chi connectivity index (χ1) is 11.7. The quantitative estimate of drug-likeness (QED) is 0.852. The number of amides is 2. The molecule has 1 heterocycles. The van der Waals surface area contributed by atoms with E-state index in [9.17, 15) is 9.59 Å². The molecule has 1 aromatic rings. The van der Waals surface area contributed by atoms with Crippen molar-refractivity contribution in [3.8, 4) is 6.07 Å². The lowest BCUT2D eigenvalue weighted by atomic mass is 9.70. The second-order valence-corrected chi connectivity index (χ2v) is 6.75. The first kappa shape index (κ1) is 16.5. The predicted octanol–water partition coefficient (Wildman–Crippen LogP) is 2.15. The standard InChI is InChI=1S/C19H23N3O2/c20-7-6-18(23)21-8-10-22(11-9-21)19(24)14-15-12-17(13-15)16-4-2-1-3-5-16/h1-5,15,17H,6,8-14H2. The topological polar surface area (TPSA) is 64.4 Å². The number of benzene rings is 1. The molecule has 1 aromatic carbocycles. The fourth-order valence-electron chi connectivity index (χ4n) is 3.66. The maximum Gasteiger partial charge on any atom is 0.236 e. The van der Waals surface area contributed by atoms with Crippen LogP contribution in [0.5, 0.6) is 0 Å². The van der Waals surface area contributed by atoms with Gasteiger partial charge in [-0.25, -0.2) is 0 Å². The zero-order chi connectivity index (χ0) is 16.9. The Balaban J connectivity index is 1.40. The van der Waals surface area contributed by atoms with E-state index in [4.69, 9.17) is 5.26 Å². The molecule has 2 aliphatic rings. The van der Waals surface area contributed by atoms with Crippen LogP contribution in [-0.2, 0) is 9.59 Å². The summed E-state index contributed by atoms with van der Waals surface area (Å²) in [6.45, 7) is 2.27. The van der Waals surface area contributed by atoms with Crippen LogP contribution in [0.1, 0.15) is 37.2 Å². The van der Waals surface area contributed by atoms with Crippen LogP contribution in [0.3, 0.4) is 0 Å². The number of nitrogens with zero attached hydrogens (tertiary/aromatic N) is 3. The Morgan fingerprint density at radius 2 is 1.58 bits per heavy atom. The molecule has 126 valence electrons. The van der Waals surface area contributed by atoms with Crippen molar-refractivity contribution in [3.05, 3.63) is 35.9 Å². The van der Waals surface area contributed by atoms with E-state index < -0.39 is 0 Å². The minimum atomic E-state index is -0.130. The first-order valence-electron chi connectivity index (χ1n) is 8.65. The molecule has 1 saturated carbocycles. The Labute approximate surface area is 142 Å². The Hall–Kier alpha value is -2.35. The number of rotatable bonds is 4. The highest BCUT2D eigenvalue weighted by atomic mass is 16.2. The van der Waals surface area contributed by atoms with Crippen molar-refractivity contribution < 1.29 is 9.59 Å². The van der Waals surface area contributed by atoms with Gasteiger partial charge in [0.2, 0.25) is 11.8 Å². The molecule has 0 atom stereocenters. The van der Waals surface area contributed by atoms with E-state index in [0.717, 1.165) is 12.8 Å². The lowest BCUT2D eigenvalue weighted by Crippen LogP contribution is -2.51. The lowest BCUT2D eigenvalue weighted by Gasteiger charge is -2.38. The zero-order valence-electron chi connectivity index (χ0n) is 13.9. The number of nitriles is 1. The molecule has 0 unspecified atom stereocenters. The molecule has 0 radical (unpaired) electrons. The summed E-state index contributed by atoms with van der Waals surface area (Å²) in [6, 6.07) is 12.4. The Kier molecular flexibility index (Phi) is 5.14. The monoisotopic (exact) mass is 325 g/mol. The van der Waals surface area contributed by atoms with Crippen molar-refractivity contribution in [3.63, 3.8) is 0 Å². The van der Waals surface area contributed by atoms with Crippen molar-refractivity contribution in [2.45, 2.75) is 31.6 Å². The minimum absolute atomic E-state index is 0.0725. The number of carbonyl (C=O) groups is 2. The van der Waals surface area contributed by atoms with Gasteiger partial charge in [-0.3, -0.25) is 9.59 Å². The van der Waals surface area contributed by atoms with Crippen LogP contribution in [0.25, 0.3) is 0 Å². The van der Waals surface area contributed by atoms with Crippen LogP contribution in [0, 0.1) is 17.2 Å². The van der Waals surface area contributed by atoms with Crippen molar-refractivity contribution in [1.29, 1.82) is 5.26 Å². The van der Waals surface area contributed by atoms with Gasteiger partial charge in [0.25, 0.3) is 0 Å². The molecular formula is C19H23N3O2. The molecule has 1 aliphatic heterocycles. The highest BCUT2D eigenvalue weighted by molar-refractivity contribution is 5.79. The molecule has 5 nitrogen and oxygen atoms in total. The Morgan fingerprint density at radius 1 is 1.00 bits per heavy atom. The van der Waals surface area contributed by atoms with E-state index in [1.807, 2.05) is 17.0 Å². The highest BCUT2D eigenvalue weighted by Crippen LogP contribution is 2.43. The largest absolute Gasteiger partial charge is 0.339 e. The number of hydrogen-bond acceptors (Lipinski definition) is 3. The predicted molar refractivity (Wildman–Crippen MR) is 89.9 cm³/mol. The molecule has 1 saturated heterocycles. The fourth-order valence-corrected chi connectivity index (χ4v) is 3.66. The second kappa shape index (κ2) is 7.48. The van der Waals surface area contributed by atoms with Gasteiger partial charge < -0.3 is 9.80 Å². The van der Waals surface area contributed by atoms with Crippen LogP contribution in [0.2, 0.25) is 0 Å². The van der Waals surface area contributed by atoms with Crippen molar-refractivity contribution in [2.75, 3.05) is 26.2 Å². The van der Waals surface area contributed by atoms with Gasteiger partial charge in [0.05, 0.1) is 6.07 Å². The maximum atomic E-state index is 12.4. The zero-order valence-corrected chi connectivity index (χ0v) is 13.9. The van der Waals surface area contributed by atoms with E-state index >= 15 is 0 Å². The average molecular weight is 325 g/mol. The van der Waals surface area contributed by atoms with Crippen LogP contribution in [0.15, 0.2) is 30.3 Å². The lowest BCUT2D eigenvalue weighted by molar-refractivity contribution is -0.140. The van der Waals surface area contributed by atoms with Crippen LogP contribution in [0.4, 0.5) is 0 Å². The maximum absolute atomic E-state index is 12.4. The van der Waals surface area contributed by atoms with E-state index in [1.165, 1.54) is 5.56 Å². The molecule has 5 heteroatoms. The van der Waals surface area contributed by atoms with Gasteiger partial charge in [-0.05, 0) is 30.2 Å². The summed E-state index contributed by atoms with van der Waals surface area (Å²) in [4.78, 5) is 27.6. The summed E-state index contributed by atoms with van der Waals surface area (Å²) in [5, 5.41) is 8.58. The van der Waals surface area contributed by atoms with Crippen LogP contribution < -0.4 is 0 Å². The number of hydrogen-bond donors (Lipinski definition) is 0. The molecule has 2 fully saturated rings. The van der Waals surface area contributed by atoms with Gasteiger partial charge in [-0.1, -0.05) is 30.3 Å². The Bertz CT molecular complexity index is 624. The molecule has 3 rings (SSSR count). The summed E-state index contributed by atoms with van der Waals surface area (Å²) in [6.07, 6.45) is 2.74. The summed E-state index contributed by atoms with van der Waals surface area (Å²) < 4.78 is 0. The first-order valence-corrected chi connectivity index (χ1v) is 8.65. The van der Waals surface area contributed by atoms with Crippen LogP contribution in [-0.4, -0.2) is 47.8 Å². The Morgan fingerprint density at radius 3 is 2.17 bits per heavy atom. The molecule has 24 heavy (non-hydrogen) atoms. The third kappa shape index (κ3) is 3.76. The average Bonchev–Trinajstić information content (AvgIpc) is 2.58. The van der Waals surface area contributed by atoms with Gasteiger partial charge in [0.15, 0.2) is 0 Å². The molecule has 0 N–H and O–H groups in total. The fraction of sp³-hybridized carbons (Fsp3) is 0.526. The molecule has 0 bridgehead atoms. The summed E-state index contributed by atoms with van der Waals surface area (Å²) >= 11 is 0. The normalized spacial score (nSPS) is 23.3. The molecule has 0 aromatic heterocycles. The van der Waals surface area contributed by atoms with Crippen molar-refractivity contribution >= 4 is 11.8 Å². The van der Waals surface area contributed by atoms with Gasteiger partial charge in [-0.2, -0.15) is 5.26 Å². The molecule has 0 spiro atoms. The number of carbonyl (C=O) groups excluding carboxylic acids is 2. The summed E-state index contributed by atoms with van der Waals surface area (Å²) in [7, 11) is 0. The molecule has 2 amide bonds. The van der Waals surface area contributed by atoms with Crippen molar-refractivity contribution in [2.24, 2.45) is 5.92 Å². The van der Waals surface area contributed by atoms with E-state index in [2.05, 4.69) is 24.3 Å². The van der Waals surface area contributed by atoms with Crippen molar-refractivity contribution in [1.82, 2.24) is 9.80 Å². The second-order valence-electron chi connectivity index (χ2n) is 6.75. The molecular weight excluding hydrogens is 302 g/mol. The van der Waals surface area contributed by atoms with E-state index in [-0.39, 0.29) is 18.2 Å². The van der Waals surface area contributed by atoms with Crippen LogP contribution >= 0.6 is 0 Å². The third-order valence-electron chi connectivity index (χ3n) is 5.19. The third-order valence-corrected chi connectivity index (χ3v) is 5.19. The highest BCUT2D eigenvalue weighted by Gasteiger charge is 2.33. The van der Waals surface area contributed by atoms with Gasteiger partial charge >= 0.3 is 0 Å². The molecule has 1 aliphatic carbocycles. The van der Waals surface area contributed by atoms with Gasteiger partial charge in [-0.15, -0.1) is 0 Å².